The minimum absolute atomic E-state index is 0.322. The van der Waals surface area contributed by atoms with Gasteiger partial charge in [-0.25, -0.2) is 4.39 Å². The molecule has 0 aliphatic carbocycles. The lowest BCUT2D eigenvalue weighted by Crippen LogP contribution is -2.36. The number of benzene rings is 3. The van der Waals surface area contributed by atoms with Crippen molar-refractivity contribution in [1.29, 1.82) is 0 Å². The molecule has 0 aromatic heterocycles. The predicted octanol–water partition coefficient (Wildman–Crippen LogP) is 4.83. The van der Waals surface area contributed by atoms with Gasteiger partial charge in [-0.3, -0.25) is 19.8 Å². The number of hydrogen-bond acceptors (Lipinski definition) is 5. The van der Waals surface area contributed by atoms with Gasteiger partial charge in [-0.2, -0.15) is 0 Å². The van der Waals surface area contributed by atoms with E-state index in [2.05, 4.69) is 27.7 Å². The lowest BCUT2D eigenvalue weighted by atomic mass is 9.91. The molecule has 3 aromatic rings. The molecule has 0 radical (unpaired) electrons. The number of halogens is 1. The van der Waals surface area contributed by atoms with Crippen LogP contribution >= 0.6 is 0 Å². The van der Waals surface area contributed by atoms with E-state index in [1.54, 1.807) is 43.6 Å². The fourth-order valence-electron chi connectivity index (χ4n) is 4.71. The van der Waals surface area contributed by atoms with Crippen LogP contribution in [0.4, 0.5) is 10.1 Å². The average molecular weight is 486 g/mol. The molecule has 0 spiro atoms. The predicted molar refractivity (Wildman–Crippen MR) is 138 cm³/mol. The Kier molecular flexibility index (Phi) is 6.93. The molecule has 1 fully saturated rings. The van der Waals surface area contributed by atoms with E-state index >= 15 is 0 Å². The van der Waals surface area contributed by atoms with Crippen LogP contribution < -0.4 is 10.6 Å². The Balaban J connectivity index is 1.33. The van der Waals surface area contributed by atoms with Crippen LogP contribution in [0.3, 0.4) is 0 Å². The third-order valence-corrected chi connectivity index (χ3v) is 6.81. The molecule has 5 rings (SSSR count). The van der Waals surface area contributed by atoms with Crippen molar-refractivity contribution in [3.05, 3.63) is 95.4 Å². The molecule has 0 saturated carbocycles. The maximum Gasteiger partial charge on any atom is 0.260 e. The van der Waals surface area contributed by atoms with Gasteiger partial charge in [-0.1, -0.05) is 30.3 Å². The molecule has 2 aliphatic heterocycles. The number of fused-ring (bicyclic) bond motifs is 1. The number of nitrogens with one attached hydrogen (secondary N) is 2. The lowest BCUT2D eigenvalue weighted by molar-refractivity contribution is -0.114. The van der Waals surface area contributed by atoms with Crippen molar-refractivity contribution in [2.45, 2.75) is 25.5 Å². The molecule has 0 unspecified atom stereocenters. The number of imide groups is 1. The summed E-state index contributed by atoms with van der Waals surface area (Å²) in [5.41, 5.74) is 4.96. The van der Waals surface area contributed by atoms with E-state index in [0.29, 0.717) is 22.8 Å². The Labute approximate surface area is 209 Å². The van der Waals surface area contributed by atoms with Gasteiger partial charge in [0.25, 0.3) is 11.8 Å². The second-order valence-electron chi connectivity index (χ2n) is 9.16. The summed E-state index contributed by atoms with van der Waals surface area (Å²) in [6.45, 7) is 2.94. The van der Waals surface area contributed by atoms with Crippen LogP contribution in [0.5, 0.6) is 0 Å². The Morgan fingerprint density at radius 2 is 1.64 bits per heavy atom. The number of methoxy groups -OCH3 is 1. The van der Waals surface area contributed by atoms with E-state index in [1.807, 2.05) is 12.1 Å². The van der Waals surface area contributed by atoms with Crippen molar-refractivity contribution in [3.63, 3.8) is 0 Å². The number of likely N-dealkylation sites (tertiary alicyclic amines) is 1. The highest BCUT2D eigenvalue weighted by Crippen LogP contribution is 2.30. The summed E-state index contributed by atoms with van der Waals surface area (Å²) in [6.07, 6.45) is 4.10. The van der Waals surface area contributed by atoms with Gasteiger partial charge in [0.05, 0.1) is 11.7 Å². The fraction of sp³-hybridized carbons (Fsp3) is 0.241. The second kappa shape index (κ2) is 10.4. The molecule has 2 N–H and O–H groups in total. The number of anilines is 1. The number of piperidine rings is 1. The summed E-state index contributed by atoms with van der Waals surface area (Å²) >= 11 is 0. The Morgan fingerprint density at radius 3 is 2.33 bits per heavy atom. The minimum atomic E-state index is -0.465. The van der Waals surface area contributed by atoms with Crippen LogP contribution in [0.25, 0.3) is 16.7 Å². The third kappa shape index (κ3) is 5.22. The maximum atomic E-state index is 13.3. The van der Waals surface area contributed by atoms with Gasteiger partial charge in [0.15, 0.2) is 0 Å². The molecule has 3 aromatic carbocycles. The van der Waals surface area contributed by atoms with Crippen LogP contribution in [-0.2, 0) is 16.1 Å². The van der Waals surface area contributed by atoms with Gasteiger partial charge >= 0.3 is 0 Å². The van der Waals surface area contributed by atoms with Crippen LogP contribution in [0.15, 0.2) is 72.9 Å². The molecular formula is C29H28FN3O3. The minimum Gasteiger partial charge on any atom is -0.381 e. The van der Waals surface area contributed by atoms with E-state index < -0.39 is 11.8 Å². The SMILES string of the molecule is COC1CCN(Cc2ccc(NC=C3C(=O)NC(=O)c4ccc(-c5ccc(F)cc5)cc43)cc2)CC1. The first-order valence-corrected chi connectivity index (χ1v) is 12.1. The van der Waals surface area contributed by atoms with E-state index in [4.69, 9.17) is 4.74 Å². The molecule has 2 amide bonds. The van der Waals surface area contributed by atoms with Crippen LogP contribution in [0.2, 0.25) is 0 Å². The van der Waals surface area contributed by atoms with Gasteiger partial charge in [0.1, 0.15) is 5.82 Å². The van der Waals surface area contributed by atoms with Gasteiger partial charge < -0.3 is 10.1 Å². The van der Waals surface area contributed by atoms with E-state index in [0.717, 1.165) is 49.3 Å². The summed E-state index contributed by atoms with van der Waals surface area (Å²) < 4.78 is 18.8. The molecule has 184 valence electrons. The zero-order valence-corrected chi connectivity index (χ0v) is 20.1. The molecule has 0 bridgehead atoms. The number of hydrogen-bond donors (Lipinski definition) is 2. The van der Waals surface area contributed by atoms with Gasteiger partial charge in [0, 0.05) is 49.8 Å². The van der Waals surface area contributed by atoms with E-state index in [1.165, 1.54) is 17.7 Å². The molecule has 2 aliphatic rings. The number of amides is 2. The highest BCUT2D eigenvalue weighted by atomic mass is 19.1. The summed E-state index contributed by atoms with van der Waals surface area (Å²) in [7, 11) is 1.78. The maximum absolute atomic E-state index is 13.3. The zero-order chi connectivity index (χ0) is 25.1. The van der Waals surface area contributed by atoms with E-state index in [-0.39, 0.29) is 5.82 Å². The van der Waals surface area contributed by atoms with Crippen LogP contribution in [0, 0.1) is 5.82 Å². The highest BCUT2D eigenvalue weighted by Gasteiger charge is 2.27. The number of carbonyl (C=O) groups is 2. The van der Waals surface area contributed by atoms with Crippen molar-refractivity contribution in [2.24, 2.45) is 0 Å². The van der Waals surface area contributed by atoms with E-state index in [9.17, 15) is 14.0 Å². The lowest BCUT2D eigenvalue weighted by Gasteiger charge is -2.31. The Morgan fingerprint density at radius 1 is 0.944 bits per heavy atom. The first-order chi connectivity index (χ1) is 17.5. The van der Waals surface area contributed by atoms with Crippen LogP contribution in [-0.4, -0.2) is 43.0 Å². The average Bonchev–Trinajstić information content (AvgIpc) is 2.90. The van der Waals surface area contributed by atoms with Gasteiger partial charge in [0.2, 0.25) is 0 Å². The molecule has 36 heavy (non-hydrogen) atoms. The smallest absolute Gasteiger partial charge is 0.260 e. The standard InChI is InChI=1S/C29H28FN3O3/c1-36-24-12-14-33(15-13-24)18-19-2-9-23(10-3-19)31-17-27-26-16-21(20-4-7-22(30)8-5-20)6-11-25(26)28(34)32-29(27)35/h2-11,16-17,24,31H,12-15,18H2,1H3,(H,32,34,35). The molecule has 2 heterocycles. The largest absolute Gasteiger partial charge is 0.381 e. The quantitative estimate of drug-likeness (QED) is 0.387. The molecule has 0 atom stereocenters. The van der Waals surface area contributed by atoms with Crippen LogP contribution in [0.1, 0.15) is 34.3 Å². The molecular weight excluding hydrogens is 457 g/mol. The fourth-order valence-corrected chi connectivity index (χ4v) is 4.71. The topological polar surface area (TPSA) is 70.7 Å². The third-order valence-electron chi connectivity index (χ3n) is 6.81. The van der Waals surface area contributed by atoms with Crippen molar-refractivity contribution in [1.82, 2.24) is 10.2 Å². The Bertz CT molecular complexity index is 1290. The number of carbonyl (C=O) groups excluding carboxylic acids is 2. The highest BCUT2D eigenvalue weighted by molar-refractivity contribution is 6.31. The number of nitrogens with zero attached hydrogens (tertiary/aromatic N) is 1. The molecule has 6 nitrogen and oxygen atoms in total. The molecule has 1 saturated heterocycles. The summed E-state index contributed by atoms with van der Waals surface area (Å²) in [4.78, 5) is 27.5. The summed E-state index contributed by atoms with van der Waals surface area (Å²) in [5, 5.41) is 5.60. The number of ether oxygens (including phenoxy) is 1. The Hall–Kier alpha value is -3.81. The molecule has 7 heteroatoms. The zero-order valence-electron chi connectivity index (χ0n) is 20.1. The summed E-state index contributed by atoms with van der Waals surface area (Å²) in [6, 6.07) is 19.5. The normalized spacial score (nSPS) is 17.7. The van der Waals surface area contributed by atoms with Crippen molar-refractivity contribution in [2.75, 3.05) is 25.5 Å². The van der Waals surface area contributed by atoms with Gasteiger partial charge in [-0.05, 0) is 65.9 Å². The monoisotopic (exact) mass is 485 g/mol. The summed E-state index contributed by atoms with van der Waals surface area (Å²) in [5.74, 6) is -1.22. The van der Waals surface area contributed by atoms with Crippen molar-refractivity contribution in [3.8, 4) is 11.1 Å². The number of rotatable bonds is 6. The van der Waals surface area contributed by atoms with Gasteiger partial charge in [-0.15, -0.1) is 0 Å². The second-order valence-corrected chi connectivity index (χ2v) is 9.16. The first-order valence-electron chi connectivity index (χ1n) is 12.1. The van der Waals surface area contributed by atoms with Crippen molar-refractivity contribution < 1.29 is 18.7 Å². The first kappa shape index (κ1) is 23.9. The van der Waals surface area contributed by atoms with Crippen molar-refractivity contribution >= 4 is 23.1 Å².